The number of carbonyl (C=O) groups excluding carboxylic acids is 1. The van der Waals surface area contributed by atoms with Crippen LogP contribution in [0.15, 0.2) is 23.4 Å². The third kappa shape index (κ3) is 5.38. The standard InChI is InChI=1S/C7H9ClO2/c1-2-10-7(8)5-3-4-6-9/h3-6H,2H2,1H3/b4-3+,7-5-. The van der Waals surface area contributed by atoms with Crippen LogP contribution in [-0.2, 0) is 9.53 Å². The molecule has 2 nitrogen and oxygen atoms in total. The molecule has 0 aromatic heterocycles. The Kier molecular flexibility index (Phi) is 5.88. The van der Waals surface area contributed by atoms with Gasteiger partial charge in [0.15, 0.2) is 5.22 Å². The van der Waals surface area contributed by atoms with Gasteiger partial charge in [0.25, 0.3) is 0 Å². The van der Waals surface area contributed by atoms with E-state index in [-0.39, 0.29) is 0 Å². The molecule has 0 N–H and O–H groups in total. The van der Waals surface area contributed by atoms with E-state index in [9.17, 15) is 4.79 Å². The predicted octanol–water partition coefficient (Wildman–Crippen LogP) is 1.86. The largest absolute Gasteiger partial charge is 0.483 e. The van der Waals surface area contributed by atoms with E-state index in [0.29, 0.717) is 18.1 Å². The van der Waals surface area contributed by atoms with Crippen molar-refractivity contribution in [2.24, 2.45) is 0 Å². The van der Waals surface area contributed by atoms with Gasteiger partial charge in [-0.2, -0.15) is 0 Å². The minimum Gasteiger partial charge on any atom is -0.483 e. The maximum Gasteiger partial charge on any atom is 0.186 e. The van der Waals surface area contributed by atoms with Crippen LogP contribution in [0, 0.1) is 0 Å². The van der Waals surface area contributed by atoms with Gasteiger partial charge in [-0.15, -0.1) is 0 Å². The zero-order valence-electron chi connectivity index (χ0n) is 5.71. The first-order valence-electron chi connectivity index (χ1n) is 2.91. The molecule has 0 amide bonds. The molecule has 0 aromatic carbocycles. The summed E-state index contributed by atoms with van der Waals surface area (Å²) in [5.41, 5.74) is 0. The average Bonchev–Trinajstić information content (AvgIpc) is 1.89. The summed E-state index contributed by atoms with van der Waals surface area (Å²) in [6, 6.07) is 0. The zero-order chi connectivity index (χ0) is 7.82. The van der Waals surface area contributed by atoms with E-state index >= 15 is 0 Å². The number of ether oxygens (including phenoxy) is 1. The summed E-state index contributed by atoms with van der Waals surface area (Å²) < 4.78 is 4.85. The van der Waals surface area contributed by atoms with Crippen LogP contribution in [0.5, 0.6) is 0 Å². The lowest BCUT2D eigenvalue weighted by Gasteiger charge is -1.95. The van der Waals surface area contributed by atoms with Crippen molar-refractivity contribution in [1.29, 1.82) is 0 Å². The Morgan fingerprint density at radius 2 is 2.30 bits per heavy atom. The number of aldehydes is 1. The first kappa shape index (κ1) is 9.24. The molecule has 0 spiro atoms. The Labute approximate surface area is 65.1 Å². The number of hydrogen-bond donors (Lipinski definition) is 0. The quantitative estimate of drug-likeness (QED) is 0.272. The molecule has 0 fully saturated rings. The number of carbonyl (C=O) groups is 1. The smallest absolute Gasteiger partial charge is 0.186 e. The van der Waals surface area contributed by atoms with Gasteiger partial charge in [-0.1, -0.05) is 6.08 Å². The monoisotopic (exact) mass is 160 g/mol. The number of hydrogen-bond acceptors (Lipinski definition) is 2. The van der Waals surface area contributed by atoms with Crippen molar-refractivity contribution in [2.75, 3.05) is 6.61 Å². The molecular weight excluding hydrogens is 152 g/mol. The highest BCUT2D eigenvalue weighted by atomic mass is 35.5. The van der Waals surface area contributed by atoms with E-state index in [1.807, 2.05) is 6.92 Å². The van der Waals surface area contributed by atoms with Crippen LogP contribution in [-0.4, -0.2) is 12.9 Å². The molecule has 0 aliphatic heterocycles. The van der Waals surface area contributed by atoms with Gasteiger partial charge >= 0.3 is 0 Å². The lowest BCUT2D eigenvalue weighted by molar-refractivity contribution is -0.104. The van der Waals surface area contributed by atoms with Crippen LogP contribution in [0.2, 0.25) is 0 Å². The van der Waals surface area contributed by atoms with Crippen molar-refractivity contribution in [3.05, 3.63) is 23.4 Å². The van der Waals surface area contributed by atoms with Gasteiger partial charge in [0.05, 0.1) is 6.61 Å². The van der Waals surface area contributed by atoms with Crippen LogP contribution in [0.1, 0.15) is 6.92 Å². The van der Waals surface area contributed by atoms with Crippen molar-refractivity contribution >= 4 is 17.9 Å². The summed E-state index contributed by atoms with van der Waals surface area (Å²) in [6.45, 7) is 2.37. The third-order valence-electron chi connectivity index (χ3n) is 0.699. The van der Waals surface area contributed by atoms with Gasteiger partial charge in [0.1, 0.15) is 6.29 Å². The Morgan fingerprint density at radius 3 is 2.80 bits per heavy atom. The number of allylic oxidation sites excluding steroid dienone is 3. The minimum atomic E-state index is 0.292. The van der Waals surface area contributed by atoms with Gasteiger partial charge in [-0.25, -0.2) is 0 Å². The highest BCUT2D eigenvalue weighted by molar-refractivity contribution is 6.28. The van der Waals surface area contributed by atoms with E-state index in [1.165, 1.54) is 18.2 Å². The van der Waals surface area contributed by atoms with Crippen LogP contribution in [0.3, 0.4) is 0 Å². The summed E-state index contributed by atoms with van der Waals surface area (Å²) >= 11 is 5.49. The Morgan fingerprint density at radius 1 is 1.60 bits per heavy atom. The van der Waals surface area contributed by atoms with E-state index in [0.717, 1.165) is 0 Å². The normalized spacial score (nSPS) is 12.0. The van der Waals surface area contributed by atoms with Gasteiger partial charge in [-0.05, 0) is 30.7 Å². The zero-order valence-corrected chi connectivity index (χ0v) is 6.47. The number of halogens is 1. The molecule has 0 atom stereocenters. The molecule has 0 radical (unpaired) electrons. The summed E-state index contributed by atoms with van der Waals surface area (Å²) in [5, 5.41) is 0.292. The minimum absolute atomic E-state index is 0.292. The fourth-order valence-electron chi connectivity index (χ4n) is 0.363. The first-order valence-corrected chi connectivity index (χ1v) is 3.29. The van der Waals surface area contributed by atoms with Gasteiger partial charge in [-0.3, -0.25) is 4.79 Å². The van der Waals surface area contributed by atoms with Gasteiger partial charge in [0.2, 0.25) is 0 Å². The molecule has 0 bridgehead atoms. The highest BCUT2D eigenvalue weighted by Crippen LogP contribution is 2.01. The topological polar surface area (TPSA) is 26.3 Å². The Bertz CT molecular complexity index is 150. The van der Waals surface area contributed by atoms with Crippen molar-refractivity contribution in [3.63, 3.8) is 0 Å². The maximum atomic E-state index is 9.74. The van der Waals surface area contributed by atoms with E-state index in [4.69, 9.17) is 16.3 Å². The fourth-order valence-corrected chi connectivity index (χ4v) is 0.544. The van der Waals surface area contributed by atoms with Crippen LogP contribution < -0.4 is 0 Å². The lowest BCUT2D eigenvalue weighted by Crippen LogP contribution is -1.81. The van der Waals surface area contributed by atoms with Crippen LogP contribution >= 0.6 is 11.6 Å². The molecule has 0 aliphatic carbocycles. The second-order valence-corrected chi connectivity index (χ2v) is 1.80. The van der Waals surface area contributed by atoms with E-state index < -0.39 is 0 Å². The maximum absolute atomic E-state index is 9.74. The molecule has 0 unspecified atom stereocenters. The molecule has 0 heterocycles. The second kappa shape index (κ2) is 6.36. The van der Waals surface area contributed by atoms with Crippen molar-refractivity contribution in [1.82, 2.24) is 0 Å². The molecule has 3 heteroatoms. The predicted molar refractivity (Wildman–Crippen MR) is 40.8 cm³/mol. The van der Waals surface area contributed by atoms with Crippen LogP contribution in [0.4, 0.5) is 0 Å². The summed E-state index contributed by atoms with van der Waals surface area (Å²) in [7, 11) is 0. The second-order valence-electron chi connectivity index (χ2n) is 1.42. The first-order chi connectivity index (χ1) is 4.81. The van der Waals surface area contributed by atoms with E-state index in [2.05, 4.69) is 0 Å². The molecular formula is C7H9ClO2. The van der Waals surface area contributed by atoms with Crippen LogP contribution in [0.25, 0.3) is 0 Å². The SMILES string of the molecule is CCO/C(Cl)=C\C=C\C=O. The van der Waals surface area contributed by atoms with Crippen molar-refractivity contribution < 1.29 is 9.53 Å². The molecule has 0 saturated heterocycles. The molecule has 0 rings (SSSR count). The Hall–Kier alpha value is -0.760. The molecule has 0 aliphatic rings. The summed E-state index contributed by atoms with van der Waals surface area (Å²) in [6.07, 6.45) is 5.04. The van der Waals surface area contributed by atoms with E-state index in [1.54, 1.807) is 0 Å². The van der Waals surface area contributed by atoms with Gasteiger partial charge in [0, 0.05) is 0 Å². The summed E-state index contributed by atoms with van der Waals surface area (Å²) in [5.74, 6) is 0. The summed E-state index contributed by atoms with van der Waals surface area (Å²) in [4.78, 5) is 9.74. The highest BCUT2D eigenvalue weighted by Gasteiger charge is 1.83. The Balaban J connectivity index is 3.67. The average molecular weight is 161 g/mol. The molecule has 0 aromatic rings. The fraction of sp³-hybridized carbons (Fsp3) is 0.286. The van der Waals surface area contributed by atoms with Crippen molar-refractivity contribution in [3.8, 4) is 0 Å². The molecule has 10 heavy (non-hydrogen) atoms. The van der Waals surface area contributed by atoms with Gasteiger partial charge < -0.3 is 4.74 Å². The molecule has 0 saturated carbocycles. The third-order valence-corrected chi connectivity index (χ3v) is 0.934. The number of rotatable bonds is 4. The lowest BCUT2D eigenvalue weighted by atomic mass is 10.5. The molecule has 56 valence electrons. The van der Waals surface area contributed by atoms with Crippen molar-refractivity contribution in [2.45, 2.75) is 6.92 Å².